The zero-order chi connectivity index (χ0) is 29.8. The van der Waals surface area contributed by atoms with Crippen molar-refractivity contribution in [1.82, 2.24) is 20.1 Å². The molecule has 1 aromatic heterocycles. The Bertz CT molecular complexity index is 1200. The fourth-order valence-corrected chi connectivity index (χ4v) is 5.04. The molecule has 1 aliphatic rings. The van der Waals surface area contributed by atoms with E-state index in [2.05, 4.69) is 31.1 Å². The zero-order valence-corrected chi connectivity index (χ0v) is 25.5. The molecule has 2 atom stereocenters. The summed E-state index contributed by atoms with van der Waals surface area (Å²) in [5.74, 6) is 1.06. The van der Waals surface area contributed by atoms with Crippen LogP contribution in [0, 0.1) is 12.8 Å². The fourth-order valence-electron chi connectivity index (χ4n) is 5.04. The van der Waals surface area contributed by atoms with Gasteiger partial charge in [-0.25, -0.2) is 4.98 Å². The van der Waals surface area contributed by atoms with E-state index < -0.39 is 18.0 Å². The lowest BCUT2D eigenvalue weighted by molar-refractivity contribution is -0.145. The number of aryl methyl sites for hydroxylation is 1. The molecule has 1 aromatic carbocycles. The van der Waals surface area contributed by atoms with Crippen LogP contribution in [0.5, 0.6) is 5.75 Å². The number of amides is 3. The van der Waals surface area contributed by atoms with Gasteiger partial charge in [-0.1, -0.05) is 46.8 Å². The number of hydrogen-bond donors (Lipinski definition) is 1. The van der Waals surface area contributed by atoms with Crippen LogP contribution in [0.3, 0.4) is 0 Å². The van der Waals surface area contributed by atoms with E-state index in [1.54, 1.807) is 41.1 Å². The Morgan fingerprint density at radius 1 is 1.18 bits per heavy atom. The van der Waals surface area contributed by atoms with Crippen molar-refractivity contribution < 1.29 is 23.5 Å². The summed E-state index contributed by atoms with van der Waals surface area (Å²) in [5.41, 5.74) is 0.941. The Balaban J connectivity index is 1.77. The average molecular weight is 555 g/mol. The molecular weight excluding hydrogens is 508 g/mol. The van der Waals surface area contributed by atoms with Crippen molar-refractivity contribution in [2.75, 3.05) is 13.6 Å². The molecule has 0 aliphatic carbocycles. The minimum Gasteiger partial charge on any atom is -0.483 e. The lowest BCUT2D eigenvalue weighted by Crippen LogP contribution is -2.54. The average Bonchev–Trinajstić information content (AvgIpc) is 3.52. The third kappa shape index (κ3) is 7.43. The van der Waals surface area contributed by atoms with Crippen LogP contribution in [0.2, 0.25) is 0 Å². The summed E-state index contributed by atoms with van der Waals surface area (Å²) in [4.78, 5) is 48.2. The number of benzene rings is 1. The lowest BCUT2D eigenvalue weighted by Gasteiger charge is -2.32. The number of likely N-dealkylation sites (N-methyl/N-ethyl adjacent to an activating group) is 1. The van der Waals surface area contributed by atoms with Crippen LogP contribution in [0.25, 0.3) is 0 Å². The molecule has 1 N–H and O–H groups in total. The predicted molar refractivity (Wildman–Crippen MR) is 154 cm³/mol. The molecule has 1 aliphatic heterocycles. The first kappa shape index (κ1) is 31.2. The summed E-state index contributed by atoms with van der Waals surface area (Å²) in [7, 11) is 1.77. The number of rotatable bonds is 10. The van der Waals surface area contributed by atoms with E-state index in [1.165, 1.54) is 0 Å². The van der Waals surface area contributed by atoms with Gasteiger partial charge in [0.05, 0.1) is 11.3 Å². The maximum absolute atomic E-state index is 13.8. The Labute approximate surface area is 238 Å². The van der Waals surface area contributed by atoms with Gasteiger partial charge < -0.3 is 24.3 Å². The largest absolute Gasteiger partial charge is 0.483 e. The Hall–Kier alpha value is -3.36. The van der Waals surface area contributed by atoms with Crippen molar-refractivity contribution in [3.05, 3.63) is 47.2 Å². The number of nitrogens with one attached hydrogen (secondary N) is 1. The number of para-hydroxylation sites is 1. The summed E-state index contributed by atoms with van der Waals surface area (Å²) >= 11 is 0. The van der Waals surface area contributed by atoms with Gasteiger partial charge >= 0.3 is 0 Å². The van der Waals surface area contributed by atoms with Crippen molar-refractivity contribution in [3.63, 3.8) is 0 Å². The van der Waals surface area contributed by atoms with Gasteiger partial charge in [0.2, 0.25) is 17.7 Å². The first-order valence-corrected chi connectivity index (χ1v) is 14.3. The SMILES string of the molecule is Cc1nc(COc2ccccc2C(=O)NC(CC(C)C)C(=O)N2CCCC2C(=O)N(C)C(C)C)oc1C(C)(C)C. The van der Waals surface area contributed by atoms with Gasteiger partial charge in [0.15, 0.2) is 6.61 Å². The highest BCUT2D eigenvalue weighted by molar-refractivity contribution is 6.00. The summed E-state index contributed by atoms with van der Waals surface area (Å²) in [6.07, 6.45) is 1.83. The quantitative estimate of drug-likeness (QED) is 0.450. The van der Waals surface area contributed by atoms with Gasteiger partial charge in [-0.2, -0.15) is 0 Å². The second-order valence-electron chi connectivity index (χ2n) is 12.4. The zero-order valence-electron chi connectivity index (χ0n) is 25.5. The Kier molecular flexibility index (Phi) is 10.0. The summed E-state index contributed by atoms with van der Waals surface area (Å²) < 4.78 is 11.9. The van der Waals surface area contributed by atoms with Crippen molar-refractivity contribution in [2.45, 2.75) is 105 Å². The number of ether oxygens (including phenoxy) is 1. The number of carbonyl (C=O) groups excluding carboxylic acids is 3. The molecule has 2 aromatic rings. The lowest BCUT2D eigenvalue weighted by atomic mass is 9.92. The van der Waals surface area contributed by atoms with Gasteiger partial charge in [0.25, 0.3) is 5.91 Å². The molecule has 0 spiro atoms. The molecule has 2 heterocycles. The number of carbonyl (C=O) groups is 3. The highest BCUT2D eigenvalue weighted by atomic mass is 16.5. The number of hydrogen-bond acceptors (Lipinski definition) is 6. The third-order valence-electron chi connectivity index (χ3n) is 7.26. The first-order valence-electron chi connectivity index (χ1n) is 14.3. The maximum Gasteiger partial charge on any atom is 0.255 e. The first-order chi connectivity index (χ1) is 18.7. The summed E-state index contributed by atoms with van der Waals surface area (Å²) in [5, 5.41) is 2.95. The molecule has 9 nitrogen and oxygen atoms in total. The molecule has 1 fully saturated rings. The van der Waals surface area contributed by atoms with E-state index in [4.69, 9.17) is 9.15 Å². The molecule has 1 saturated heterocycles. The molecule has 40 heavy (non-hydrogen) atoms. The van der Waals surface area contributed by atoms with Gasteiger partial charge in [-0.05, 0) is 58.1 Å². The van der Waals surface area contributed by atoms with Crippen LogP contribution in [0.15, 0.2) is 28.7 Å². The maximum atomic E-state index is 13.8. The van der Waals surface area contributed by atoms with Crippen molar-refractivity contribution in [2.24, 2.45) is 5.92 Å². The van der Waals surface area contributed by atoms with Gasteiger partial charge in [0.1, 0.15) is 23.6 Å². The number of nitrogens with zero attached hydrogens (tertiary/aromatic N) is 3. The number of oxazole rings is 1. The fraction of sp³-hybridized carbons (Fsp3) is 0.613. The minimum atomic E-state index is -0.762. The van der Waals surface area contributed by atoms with Gasteiger partial charge in [-0.3, -0.25) is 14.4 Å². The van der Waals surface area contributed by atoms with Crippen molar-refractivity contribution in [3.8, 4) is 5.75 Å². The van der Waals surface area contributed by atoms with Gasteiger partial charge in [0, 0.05) is 25.0 Å². The van der Waals surface area contributed by atoms with E-state index in [-0.39, 0.29) is 35.8 Å². The minimum absolute atomic E-state index is 0.0352. The monoisotopic (exact) mass is 554 g/mol. The van der Waals surface area contributed by atoms with Crippen LogP contribution in [-0.4, -0.2) is 64.2 Å². The highest BCUT2D eigenvalue weighted by Gasteiger charge is 2.39. The van der Waals surface area contributed by atoms with Crippen LogP contribution in [0.1, 0.15) is 95.4 Å². The second kappa shape index (κ2) is 12.9. The van der Waals surface area contributed by atoms with E-state index in [0.29, 0.717) is 36.6 Å². The Morgan fingerprint density at radius 3 is 2.45 bits per heavy atom. The number of likely N-dealkylation sites (tertiary alicyclic amines) is 1. The molecule has 2 unspecified atom stereocenters. The summed E-state index contributed by atoms with van der Waals surface area (Å²) in [6.45, 7) is 16.6. The van der Waals surface area contributed by atoms with Crippen LogP contribution in [-0.2, 0) is 21.6 Å². The van der Waals surface area contributed by atoms with Crippen LogP contribution >= 0.6 is 0 Å². The van der Waals surface area contributed by atoms with E-state index in [0.717, 1.165) is 17.9 Å². The molecule has 220 valence electrons. The number of aromatic nitrogens is 1. The van der Waals surface area contributed by atoms with E-state index >= 15 is 0 Å². The standard InChI is InChI=1S/C31H46N4O5/c1-19(2)17-23(29(37)35-16-12-14-24(35)30(38)34(9)20(3)4)33-28(36)22-13-10-11-15-25(22)39-18-26-32-21(5)27(40-26)31(6,7)8/h10-11,13,15,19-20,23-24H,12,14,16-18H2,1-9H3,(H,33,36). The molecule has 3 amide bonds. The van der Waals surface area contributed by atoms with Crippen molar-refractivity contribution >= 4 is 17.7 Å². The highest BCUT2D eigenvalue weighted by Crippen LogP contribution is 2.28. The van der Waals surface area contributed by atoms with Crippen LogP contribution < -0.4 is 10.1 Å². The molecular formula is C31H46N4O5. The van der Waals surface area contributed by atoms with Crippen LogP contribution in [0.4, 0.5) is 0 Å². The molecule has 3 rings (SSSR count). The van der Waals surface area contributed by atoms with Crippen molar-refractivity contribution in [1.29, 1.82) is 0 Å². The second-order valence-corrected chi connectivity index (χ2v) is 12.4. The smallest absolute Gasteiger partial charge is 0.255 e. The summed E-state index contributed by atoms with van der Waals surface area (Å²) in [6, 6.07) is 5.69. The van der Waals surface area contributed by atoms with E-state index in [1.807, 2.05) is 34.6 Å². The predicted octanol–water partition coefficient (Wildman–Crippen LogP) is 4.86. The topological polar surface area (TPSA) is 105 Å². The third-order valence-corrected chi connectivity index (χ3v) is 7.26. The molecule has 0 radical (unpaired) electrons. The Morgan fingerprint density at radius 2 is 1.85 bits per heavy atom. The normalized spacial score (nSPS) is 16.4. The molecule has 9 heteroatoms. The van der Waals surface area contributed by atoms with Gasteiger partial charge in [-0.15, -0.1) is 0 Å². The molecule has 0 bridgehead atoms. The van der Waals surface area contributed by atoms with E-state index in [9.17, 15) is 14.4 Å². The molecule has 0 saturated carbocycles.